The number of hydrogen-bond acceptors (Lipinski definition) is 3. The SMILES string of the molecule is Cc1cc(SCc2c(N)cccc2Cl)n(C)n1. The number of nitrogens with two attached hydrogens (primary N) is 1. The zero-order valence-corrected chi connectivity index (χ0v) is 11.3. The minimum Gasteiger partial charge on any atom is -0.398 e. The third kappa shape index (κ3) is 2.76. The van der Waals surface area contributed by atoms with Crippen LogP contribution in [0.5, 0.6) is 0 Å². The second-order valence-electron chi connectivity index (χ2n) is 3.84. The zero-order valence-electron chi connectivity index (χ0n) is 9.77. The predicted molar refractivity (Wildman–Crippen MR) is 73.4 cm³/mol. The number of anilines is 1. The Hall–Kier alpha value is -1.13. The minimum atomic E-state index is 0.719. The summed E-state index contributed by atoms with van der Waals surface area (Å²) >= 11 is 7.81. The molecule has 0 aliphatic rings. The van der Waals surface area contributed by atoms with Gasteiger partial charge in [-0.05, 0) is 25.1 Å². The van der Waals surface area contributed by atoms with E-state index in [2.05, 4.69) is 11.2 Å². The summed E-state index contributed by atoms with van der Waals surface area (Å²) in [7, 11) is 1.94. The molecule has 0 spiro atoms. The van der Waals surface area contributed by atoms with Crippen molar-refractivity contribution in [3.8, 4) is 0 Å². The van der Waals surface area contributed by atoms with Crippen molar-refractivity contribution in [2.24, 2.45) is 7.05 Å². The summed E-state index contributed by atoms with van der Waals surface area (Å²) in [5.41, 5.74) is 8.65. The molecular weight excluding hydrogens is 254 g/mol. The molecule has 0 unspecified atom stereocenters. The summed E-state index contributed by atoms with van der Waals surface area (Å²) in [5, 5.41) is 6.13. The third-order valence-corrected chi connectivity index (χ3v) is 3.94. The number of hydrogen-bond donors (Lipinski definition) is 1. The third-order valence-electron chi connectivity index (χ3n) is 2.48. The first-order valence-corrected chi connectivity index (χ1v) is 6.60. The van der Waals surface area contributed by atoms with Gasteiger partial charge in [0.25, 0.3) is 0 Å². The molecule has 0 saturated carbocycles. The van der Waals surface area contributed by atoms with Crippen molar-refractivity contribution >= 4 is 29.1 Å². The van der Waals surface area contributed by atoms with E-state index in [-0.39, 0.29) is 0 Å². The Morgan fingerprint density at radius 3 is 2.82 bits per heavy atom. The van der Waals surface area contributed by atoms with E-state index in [9.17, 15) is 0 Å². The highest BCUT2D eigenvalue weighted by Gasteiger charge is 2.08. The number of rotatable bonds is 3. The van der Waals surface area contributed by atoms with Gasteiger partial charge < -0.3 is 5.73 Å². The molecule has 0 radical (unpaired) electrons. The summed E-state index contributed by atoms with van der Waals surface area (Å²) in [6.45, 7) is 1.98. The summed E-state index contributed by atoms with van der Waals surface area (Å²) in [4.78, 5) is 0. The maximum atomic E-state index is 6.12. The number of thioether (sulfide) groups is 1. The highest BCUT2D eigenvalue weighted by molar-refractivity contribution is 7.98. The number of aromatic nitrogens is 2. The molecule has 0 aliphatic carbocycles. The number of nitrogen functional groups attached to an aromatic ring is 1. The highest BCUT2D eigenvalue weighted by Crippen LogP contribution is 2.30. The zero-order chi connectivity index (χ0) is 12.4. The fourth-order valence-electron chi connectivity index (χ4n) is 1.60. The Kier molecular flexibility index (Phi) is 3.64. The van der Waals surface area contributed by atoms with E-state index in [0.29, 0.717) is 0 Å². The van der Waals surface area contributed by atoms with Crippen molar-refractivity contribution in [2.45, 2.75) is 17.7 Å². The van der Waals surface area contributed by atoms with Crippen molar-refractivity contribution in [2.75, 3.05) is 5.73 Å². The Morgan fingerprint density at radius 2 is 2.24 bits per heavy atom. The standard InChI is InChI=1S/C12H14ClN3S/c1-8-6-12(16(2)15-8)17-7-9-10(13)4-3-5-11(9)14/h3-6H,7,14H2,1-2H3. The maximum absolute atomic E-state index is 6.12. The van der Waals surface area contributed by atoms with Crippen LogP contribution in [-0.4, -0.2) is 9.78 Å². The van der Waals surface area contributed by atoms with Gasteiger partial charge in [0, 0.05) is 29.1 Å². The van der Waals surface area contributed by atoms with Crippen molar-refractivity contribution in [1.29, 1.82) is 0 Å². The smallest absolute Gasteiger partial charge is 0.0942 e. The molecule has 2 rings (SSSR count). The molecule has 0 bridgehead atoms. The van der Waals surface area contributed by atoms with E-state index in [1.165, 1.54) is 0 Å². The number of halogens is 1. The normalized spacial score (nSPS) is 10.8. The van der Waals surface area contributed by atoms with E-state index < -0.39 is 0 Å². The maximum Gasteiger partial charge on any atom is 0.0942 e. The largest absolute Gasteiger partial charge is 0.398 e. The van der Waals surface area contributed by atoms with E-state index in [1.54, 1.807) is 11.8 Å². The van der Waals surface area contributed by atoms with Crippen LogP contribution in [0.25, 0.3) is 0 Å². The molecule has 0 fully saturated rings. The van der Waals surface area contributed by atoms with Crippen LogP contribution in [0.3, 0.4) is 0 Å². The average Bonchev–Trinajstić information content (AvgIpc) is 2.57. The molecule has 90 valence electrons. The Labute approximate surface area is 110 Å². The minimum absolute atomic E-state index is 0.719. The number of benzene rings is 1. The fourth-order valence-corrected chi connectivity index (χ4v) is 3.02. The van der Waals surface area contributed by atoms with Crippen LogP contribution in [0.2, 0.25) is 5.02 Å². The van der Waals surface area contributed by atoms with Crippen molar-refractivity contribution in [3.05, 3.63) is 40.5 Å². The lowest BCUT2D eigenvalue weighted by Crippen LogP contribution is -1.96. The van der Waals surface area contributed by atoms with Crippen molar-refractivity contribution in [3.63, 3.8) is 0 Å². The molecule has 17 heavy (non-hydrogen) atoms. The van der Waals surface area contributed by atoms with Crippen LogP contribution < -0.4 is 5.73 Å². The van der Waals surface area contributed by atoms with Gasteiger partial charge in [0.2, 0.25) is 0 Å². The van der Waals surface area contributed by atoms with Crippen LogP contribution in [0.15, 0.2) is 29.3 Å². The molecule has 0 amide bonds. The molecule has 1 aromatic heterocycles. The molecule has 0 atom stereocenters. The fraction of sp³-hybridized carbons (Fsp3) is 0.250. The van der Waals surface area contributed by atoms with E-state index in [0.717, 1.165) is 32.7 Å². The Morgan fingerprint density at radius 1 is 1.47 bits per heavy atom. The average molecular weight is 268 g/mol. The Balaban J connectivity index is 2.15. The van der Waals surface area contributed by atoms with Gasteiger partial charge in [-0.3, -0.25) is 4.68 Å². The van der Waals surface area contributed by atoms with Crippen molar-refractivity contribution in [1.82, 2.24) is 9.78 Å². The van der Waals surface area contributed by atoms with Gasteiger partial charge in [-0.25, -0.2) is 0 Å². The van der Waals surface area contributed by atoms with Crippen LogP contribution in [0.1, 0.15) is 11.3 Å². The Bertz CT molecular complexity index is 516. The van der Waals surface area contributed by atoms with Gasteiger partial charge in [0.15, 0.2) is 0 Å². The lowest BCUT2D eigenvalue weighted by molar-refractivity contribution is 0.692. The summed E-state index contributed by atoms with van der Waals surface area (Å²) in [5.74, 6) is 0.754. The van der Waals surface area contributed by atoms with Crippen LogP contribution in [-0.2, 0) is 12.8 Å². The molecule has 3 nitrogen and oxygen atoms in total. The molecule has 1 heterocycles. The van der Waals surface area contributed by atoms with Crippen LogP contribution >= 0.6 is 23.4 Å². The lowest BCUT2D eigenvalue weighted by Gasteiger charge is -2.07. The molecule has 5 heteroatoms. The van der Waals surface area contributed by atoms with Crippen LogP contribution in [0, 0.1) is 6.92 Å². The molecule has 0 aliphatic heterocycles. The molecule has 2 N–H and O–H groups in total. The van der Waals surface area contributed by atoms with Gasteiger partial charge >= 0.3 is 0 Å². The predicted octanol–water partition coefficient (Wildman–Crippen LogP) is 3.26. The van der Waals surface area contributed by atoms with Gasteiger partial charge in [-0.15, -0.1) is 11.8 Å². The van der Waals surface area contributed by atoms with Crippen LogP contribution in [0.4, 0.5) is 5.69 Å². The second kappa shape index (κ2) is 5.02. The molecule has 2 aromatic rings. The van der Waals surface area contributed by atoms with E-state index in [1.807, 2.05) is 36.9 Å². The number of nitrogens with zero attached hydrogens (tertiary/aromatic N) is 2. The first-order chi connectivity index (χ1) is 8.08. The number of aryl methyl sites for hydroxylation is 2. The highest BCUT2D eigenvalue weighted by atomic mass is 35.5. The van der Waals surface area contributed by atoms with Gasteiger partial charge in [-0.1, -0.05) is 17.7 Å². The first-order valence-electron chi connectivity index (χ1n) is 5.24. The van der Waals surface area contributed by atoms with E-state index >= 15 is 0 Å². The molecular formula is C12H14ClN3S. The van der Waals surface area contributed by atoms with Gasteiger partial charge in [0.05, 0.1) is 10.7 Å². The monoisotopic (exact) mass is 267 g/mol. The summed E-state index contributed by atoms with van der Waals surface area (Å²) in [6.07, 6.45) is 0. The van der Waals surface area contributed by atoms with Gasteiger partial charge in [-0.2, -0.15) is 5.10 Å². The first kappa shape index (κ1) is 12.3. The molecule has 1 aromatic carbocycles. The quantitative estimate of drug-likeness (QED) is 0.686. The second-order valence-corrected chi connectivity index (χ2v) is 5.25. The van der Waals surface area contributed by atoms with Gasteiger partial charge in [0.1, 0.15) is 0 Å². The van der Waals surface area contributed by atoms with Crippen molar-refractivity contribution < 1.29 is 0 Å². The molecule has 0 saturated heterocycles. The summed E-state index contributed by atoms with van der Waals surface area (Å²) in [6, 6.07) is 7.65. The topological polar surface area (TPSA) is 43.8 Å². The lowest BCUT2D eigenvalue weighted by atomic mass is 10.2. The summed E-state index contributed by atoms with van der Waals surface area (Å²) < 4.78 is 1.87. The van der Waals surface area contributed by atoms with E-state index in [4.69, 9.17) is 17.3 Å².